The molecule has 0 radical (unpaired) electrons. The van der Waals surface area contributed by atoms with Crippen LogP contribution in [0.4, 0.5) is 0 Å². The van der Waals surface area contributed by atoms with Crippen LogP contribution >= 0.6 is 11.6 Å². The van der Waals surface area contributed by atoms with Crippen molar-refractivity contribution in [2.24, 2.45) is 0 Å². The summed E-state index contributed by atoms with van der Waals surface area (Å²) in [6.07, 6.45) is 6.25. The zero-order valence-electron chi connectivity index (χ0n) is 10.7. The van der Waals surface area contributed by atoms with Gasteiger partial charge >= 0.3 is 0 Å². The van der Waals surface area contributed by atoms with E-state index >= 15 is 0 Å². The van der Waals surface area contributed by atoms with Gasteiger partial charge in [0.25, 0.3) is 0 Å². The highest BCUT2D eigenvalue weighted by Gasteiger charge is 2.02. The molecule has 0 N–H and O–H groups in total. The third-order valence-electron chi connectivity index (χ3n) is 3.05. The third kappa shape index (κ3) is 3.58. The lowest BCUT2D eigenvalue weighted by Crippen LogP contribution is -1.93. The Morgan fingerprint density at radius 1 is 1.06 bits per heavy atom. The molecule has 0 spiro atoms. The molecule has 0 fully saturated rings. The Morgan fingerprint density at radius 2 is 1.78 bits per heavy atom. The standard InChI is InChI=1S/C16H18ClN/c1-2-3-5-13-7-9-14(10-8-13)12-16-15(17)6-4-11-18-16/h4,6-11H,2-3,5,12H2,1H3. The molecule has 18 heavy (non-hydrogen) atoms. The number of halogens is 1. The molecule has 94 valence electrons. The number of aromatic nitrogens is 1. The van der Waals surface area contributed by atoms with Crippen molar-refractivity contribution < 1.29 is 0 Å². The number of unbranched alkanes of at least 4 members (excludes halogenated alkanes) is 1. The zero-order valence-corrected chi connectivity index (χ0v) is 11.5. The molecule has 0 aliphatic heterocycles. The first-order valence-corrected chi connectivity index (χ1v) is 6.84. The molecule has 1 aromatic heterocycles. The van der Waals surface area contributed by atoms with Crippen LogP contribution < -0.4 is 0 Å². The molecule has 0 aliphatic carbocycles. The topological polar surface area (TPSA) is 12.9 Å². The molecule has 0 aliphatic rings. The van der Waals surface area contributed by atoms with Crippen molar-refractivity contribution in [1.29, 1.82) is 0 Å². The van der Waals surface area contributed by atoms with Gasteiger partial charge in [-0.2, -0.15) is 0 Å². The van der Waals surface area contributed by atoms with Gasteiger partial charge in [0.2, 0.25) is 0 Å². The fourth-order valence-electron chi connectivity index (χ4n) is 1.95. The van der Waals surface area contributed by atoms with Crippen molar-refractivity contribution in [3.63, 3.8) is 0 Å². The van der Waals surface area contributed by atoms with Crippen molar-refractivity contribution in [1.82, 2.24) is 4.98 Å². The average Bonchev–Trinajstić information content (AvgIpc) is 2.41. The molecule has 0 atom stereocenters. The van der Waals surface area contributed by atoms with Crippen LogP contribution in [0, 0.1) is 0 Å². The number of hydrogen-bond acceptors (Lipinski definition) is 1. The first kappa shape index (κ1) is 13.1. The first-order chi connectivity index (χ1) is 8.79. The molecule has 1 aromatic carbocycles. The summed E-state index contributed by atoms with van der Waals surface area (Å²) >= 11 is 6.11. The highest BCUT2D eigenvalue weighted by molar-refractivity contribution is 6.31. The molecule has 0 saturated heterocycles. The summed E-state index contributed by atoms with van der Waals surface area (Å²) in [4.78, 5) is 4.31. The number of hydrogen-bond donors (Lipinski definition) is 0. The number of aryl methyl sites for hydroxylation is 1. The van der Waals surface area contributed by atoms with E-state index in [0.717, 1.165) is 17.1 Å². The second kappa shape index (κ2) is 6.55. The summed E-state index contributed by atoms with van der Waals surface area (Å²) in [5.74, 6) is 0. The molecule has 0 saturated carbocycles. The first-order valence-electron chi connectivity index (χ1n) is 6.47. The van der Waals surface area contributed by atoms with Crippen molar-refractivity contribution >= 4 is 11.6 Å². The van der Waals surface area contributed by atoms with E-state index in [4.69, 9.17) is 11.6 Å². The smallest absolute Gasteiger partial charge is 0.0633 e. The minimum Gasteiger partial charge on any atom is -0.259 e. The van der Waals surface area contributed by atoms with Crippen LogP contribution in [-0.4, -0.2) is 4.98 Å². The Kier molecular flexibility index (Phi) is 4.77. The van der Waals surface area contributed by atoms with Crippen LogP contribution in [0.3, 0.4) is 0 Å². The molecule has 0 bridgehead atoms. The highest BCUT2D eigenvalue weighted by Crippen LogP contribution is 2.17. The molecule has 1 heterocycles. The third-order valence-corrected chi connectivity index (χ3v) is 3.39. The molecule has 1 nitrogen and oxygen atoms in total. The fraction of sp³-hybridized carbons (Fsp3) is 0.312. The molecule has 0 unspecified atom stereocenters. The molecule has 2 aromatic rings. The lowest BCUT2D eigenvalue weighted by Gasteiger charge is -2.05. The predicted molar refractivity (Wildman–Crippen MR) is 77.1 cm³/mol. The van der Waals surface area contributed by atoms with E-state index in [9.17, 15) is 0 Å². The summed E-state index contributed by atoms with van der Waals surface area (Å²) in [5.41, 5.74) is 3.61. The van der Waals surface area contributed by atoms with Gasteiger partial charge in [-0.25, -0.2) is 0 Å². The normalized spacial score (nSPS) is 10.6. The summed E-state index contributed by atoms with van der Waals surface area (Å²) in [6, 6.07) is 12.5. The van der Waals surface area contributed by atoms with Crippen molar-refractivity contribution in [3.8, 4) is 0 Å². The van der Waals surface area contributed by atoms with Crippen molar-refractivity contribution in [3.05, 3.63) is 64.4 Å². The van der Waals surface area contributed by atoms with Gasteiger partial charge in [0.05, 0.1) is 10.7 Å². The van der Waals surface area contributed by atoms with Crippen molar-refractivity contribution in [2.45, 2.75) is 32.6 Å². The Balaban J connectivity index is 2.04. The Hall–Kier alpha value is -1.34. The van der Waals surface area contributed by atoms with E-state index in [1.165, 1.54) is 30.4 Å². The Labute approximate surface area is 114 Å². The second-order valence-corrected chi connectivity index (χ2v) is 4.94. The van der Waals surface area contributed by atoms with Crippen LogP contribution in [0.1, 0.15) is 36.6 Å². The maximum atomic E-state index is 6.11. The zero-order chi connectivity index (χ0) is 12.8. The predicted octanol–water partition coefficient (Wildman–Crippen LogP) is 4.67. The lowest BCUT2D eigenvalue weighted by molar-refractivity contribution is 0.794. The van der Waals surface area contributed by atoms with Gasteiger partial charge in [-0.3, -0.25) is 4.98 Å². The van der Waals surface area contributed by atoms with Gasteiger partial charge in [0.1, 0.15) is 0 Å². The maximum Gasteiger partial charge on any atom is 0.0633 e. The van der Waals surface area contributed by atoms with Gasteiger partial charge in [0.15, 0.2) is 0 Å². The summed E-state index contributed by atoms with van der Waals surface area (Å²) in [7, 11) is 0. The van der Waals surface area contributed by atoms with E-state index in [1.54, 1.807) is 6.20 Å². The quantitative estimate of drug-likeness (QED) is 0.761. The minimum absolute atomic E-state index is 0.743. The fourth-order valence-corrected chi connectivity index (χ4v) is 2.13. The SMILES string of the molecule is CCCCc1ccc(Cc2ncccc2Cl)cc1. The van der Waals surface area contributed by atoms with Gasteiger partial charge in [-0.15, -0.1) is 0 Å². The molecule has 2 heteroatoms. The van der Waals surface area contributed by atoms with Crippen molar-refractivity contribution in [2.75, 3.05) is 0 Å². The summed E-state index contributed by atoms with van der Waals surface area (Å²) in [5, 5.41) is 0.743. The van der Waals surface area contributed by atoms with E-state index < -0.39 is 0 Å². The van der Waals surface area contributed by atoms with Crippen LogP contribution in [0.25, 0.3) is 0 Å². The van der Waals surface area contributed by atoms with Crippen LogP contribution in [0.15, 0.2) is 42.6 Å². The largest absolute Gasteiger partial charge is 0.259 e. The molecular formula is C16H18ClN. The minimum atomic E-state index is 0.743. The number of rotatable bonds is 5. The van der Waals surface area contributed by atoms with Gasteiger partial charge in [-0.05, 0) is 36.1 Å². The van der Waals surface area contributed by atoms with Gasteiger partial charge < -0.3 is 0 Å². The molecule has 2 rings (SSSR count). The van der Waals surface area contributed by atoms with E-state index in [2.05, 4.69) is 36.2 Å². The van der Waals surface area contributed by atoms with Crippen LogP contribution in [0.5, 0.6) is 0 Å². The van der Waals surface area contributed by atoms with Crippen LogP contribution in [0.2, 0.25) is 5.02 Å². The Morgan fingerprint density at radius 3 is 2.44 bits per heavy atom. The molecule has 0 amide bonds. The summed E-state index contributed by atoms with van der Waals surface area (Å²) in [6.45, 7) is 2.22. The average molecular weight is 260 g/mol. The van der Waals surface area contributed by atoms with E-state index in [-0.39, 0.29) is 0 Å². The number of nitrogens with zero attached hydrogens (tertiary/aromatic N) is 1. The monoisotopic (exact) mass is 259 g/mol. The molecular weight excluding hydrogens is 242 g/mol. The lowest BCUT2D eigenvalue weighted by atomic mass is 10.0. The van der Waals surface area contributed by atoms with E-state index in [0.29, 0.717) is 0 Å². The van der Waals surface area contributed by atoms with Gasteiger partial charge in [-0.1, -0.05) is 49.2 Å². The second-order valence-electron chi connectivity index (χ2n) is 4.53. The number of pyridine rings is 1. The van der Waals surface area contributed by atoms with Crippen LogP contribution in [-0.2, 0) is 12.8 Å². The Bertz CT molecular complexity index is 491. The van der Waals surface area contributed by atoms with Gasteiger partial charge in [0, 0.05) is 12.6 Å². The van der Waals surface area contributed by atoms with E-state index in [1.807, 2.05) is 12.1 Å². The maximum absolute atomic E-state index is 6.11. The number of benzene rings is 1. The summed E-state index contributed by atoms with van der Waals surface area (Å²) < 4.78 is 0. The highest BCUT2D eigenvalue weighted by atomic mass is 35.5.